The Morgan fingerprint density at radius 3 is 2.27 bits per heavy atom. The minimum atomic E-state index is -0.715. The molecule has 2 heterocycles. The molecule has 0 aromatic heterocycles. The first-order chi connectivity index (χ1) is 14.0. The maximum atomic E-state index is 13.6. The summed E-state index contributed by atoms with van der Waals surface area (Å²) in [5, 5.41) is 0. The van der Waals surface area contributed by atoms with Crippen LogP contribution in [-0.4, -0.2) is 59.6 Å². The van der Waals surface area contributed by atoms with E-state index in [9.17, 15) is 14.4 Å². The molecule has 0 bridgehead atoms. The van der Waals surface area contributed by atoms with Crippen molar-refractivity contribution in [1.82, 2.24) is 9.80 Å². The molecule has 7 heteroatoms. The number of amides is 2. The zero-order chi connectivity index (χ0) is 22.3. The maximum Gasteiger partial charge on any atom is 0.409 e. The van der Waals surface area contributed by atoms with E-state index in [1.807, 2.05) is 65.0 Å². The van der Waals surface area contributed by atoms with Crippen LogP contribution in [0.15, 0.2) is 30.3 Å². The van der Waals surface area contributed by atoms with Crippen LogP contribution in [0.1, 0.15) is 46.6 Å². The van der Waals surface area contributed by atoms with Crippen LogP contribution in [-0.2, 0) is 24.6 Å². The number of likely N-dealkylation sites (tertiary alicyclic amines) is 2. The number of fused-ring (bicyclic) bond motifs is 1. The van der Waals surface area contributed by atoms with Gasteiger partial charge in [-0.2, -0.15) is 0 Å². The van der Waals surface area contributed by atoms with Crippen LogP contribution in [0.4, 0.5) is 4.79 Å². The standard InChI is InChI=1S/C23H32N2O5/c1-22(2,3)30-20(27)18-16-12-13-24(21(28)29-6)14-17(16)19(26)25(18)23(4,5)15-10-8-7-9-11-15/h7-11,16-18H,12-14H2,1-6H3/t16-,17+,18+/m0/s1. The highest BCUT2D eigenvalue weighted by Gasteiger charge is 2.58. The number of rotatable bonds is 3. The molecule has 0 aliphatic carbocycles. The Morgan fingerprint density at radius 2 is 1.70 bits per heavy atom. The summed E-state index contributed by atoms with van der Waals surface area (Å²) >= 11 is 0. The van der Waals surface area contributed by atoms with Crippen molar-refractivity contribution in [3.63, 3.8) is 0 Å². The average Bonchev–Trinajstić information content (AvgIpc) is 2.99. The summed E-state index contributed by atoms with van der Waals surface area (Å²) < 4.78 is 10.6. The molecule has 3 rings (SSSR count). The van der Waals surface area contributed by atoms with Crippen molar-refractivity contribution in [2.24, 2.45) is 11.8 Å². The number of piperidine rings is 1. The zero-order valence-electron chi connectivity index (χ0n) is 18.7. The summed E-state index contributed by atoms with van der Waals surface area (Å²) in [7, 11) is 1.33. The fourth-order valence-corrected chi connectivity index (χ4v) is 4.66. The first kappa shape index (κ1) is 22.1. The third-order valence-corrected chi connectivity index (χ3v) is 6.07. The fourth-order valence-electron chi connectivity index (χ4n) is 4.66. The van der Waals surface area contributed by atoms with Gasteiger partial charge in [0.2, 0.25) is 5.91 Å². The Labute approximate surface area is 178 Å². The van der Waals surface area contributed by atoms with E-state index in [-0.39, 0.29) is 24.3 Å². The summed E-state index contributed by atoms with van der Waals surface area (Å²) in [6.07, 6.45) is 0.0902. The van der Waals surface area contributed by atoms with Gasteiger partial charge in [0.25, 0.3) is 0 Å². The molecule has 2 saturated heterocycles. The predicted molar refractivity (Wildman–Crippen MR) is 112 cm³/mol. The number of carbonyl (C=O) groups is 3. The maximum absolute atomic E-state index is 13.6. The highest BCUT2D eigenvalue weighted by Crippen LogP contribution is 2.45. The highest BCUT2D eigenvalue weighted by molar-refractivity contribution is 5.92. The number of carbonyl (C=O) groups excluding carboxylic acids is 3. The molecule has 2 aliphatic heterocycles. The molecule has 0 N–H and O–H groups in total. The van der Waals surface area contributed by atoms with Crippen molar-refractivity contribution in [2.45, 2.75) is 58.2 Å². The van der Waals surface area contributed by atoms with Gasteiger partial charge in [-0.15, -0.1) is 0 Å². The number of hydrogen-bond acceptors (Lipinski definition) is 5. The molecule has 7 nitrogen and oxygen atoms in total. The molecule has 0 saturated carbocycles. The van der Waals surface area contributed by atoms with Gasteiger partial charge in [-0.05, 0) is 46.6 Å². The molecule has 164 valence electrons. The molecule has 2 fully saturated rings. The third kappa shape index (κ3) is 4.02. The molecule has 2 amide bonds. The normalized spacial score (nSPS) is 24.5. The fraction of sp³-hybridized carbons (Fsp3) is 0.609. The van der Waals surface area contributed by atoms with Gasteiger partial charge in [-0.25, -0.2) is 9.59 Å². The van der Waals surface area contributed by atoms with E-state index in [0.29, 0.717) is 13.0 Å². The van der Waals surface area contributed by atoms with Gasteiger partial charge >= 0.3 is 12.1 Å². The Hall–Kier alpha value is -2.57. The Bertz CT molecular complexity index is 815. The van der Waals surface area contributed by atoms with Crippen LogP contribution in [0.3, 0.4) is 0 Å². The Balaban J connectivity index is 2.01. The van der Waals surface area contributed by atoms with Crippen LogP contribution in [0, 0.1) is 11.8 Å². The number of nitrogens with zero attached hydrogens (tertiary/aromatic N) is 2. The monoisotopic (exact) mass is 416 g/mol. The summed E-state index contributed by atoms with van der Waals surface area (Å²) in [5.74, 6) is -1.19. The SMILES string of the molecule is COC(=O)N1CC[C@H]2[C@@H](C1)C(=O)N(C(C)(C)c1ccccc1)[C@H]2C(=O)OC(C)(C)C. The number of hydrogen-bond donors (Lipinski definition) is 0. The van der Waals surface area contributed by atoms with Crippen molar-refractivity contribution in [1.29, 1.82) is 0 Å². The van der Waals surface area contributed by atoms with E-state index in [0.717, 1.165) is 5.56 Å². The molecule has 1 aromatic carbocycles. The lowest BCUT2D eigenvalue weighted by molar-refractivity contribution is -0.167. The van der Waals surface area contributed by atoms with Crippen LogP contribution < -0.4 is 0 Å². The first-order valence-corrected chi connectivity index (χ1v) is 10.4. The van der Waals surface area contributed by atoms with E-state index >= 15 is 0 Å². The molecular formula is C23H32N2O5. The quantitative estimate of drug-likeness (QED) is 0.708. The second kappa shape index (κ2) is 7.93. The largest absolute Gasteiger partial charge is 0.458 e. The number of ether oxygens (including phenoxy) is 2. The molecule has 0 radical (unpaired) electrons. The van der Waals surface area contributed by atoms with Gasteiger partial charge in [0.1, 0.15) is 11.6 Å². The number of esters is 1. The van der Waals surface area contributed by atoms with E-state index in [2.05, 4.69) is 0 Å². The Kier molecular flexibility index (Phi) is 5.85. The van der Waals surface area contributed by atoms with E-state index in [1.165, 1.54) is 7.11 Å². The van der Waals surface area contributed by atoms with E-state index in [4.69, 9.17) is 9.47 Å². The van der Waals surface area contributed by atoms with Crippen LogP contribution >= 0.6 is 0 Å². The van der Waals surface area contributed by atoms with Gasteiger partial charge in [-0.1, -0.05) is 30.3 Å². The summed E-state index contributed by atoms with van der Waals surface area (Å²) in [6.45, 7) is 10.1. The van der Waals surface area contributed by atoms with Gasteiger partial charge in [0, 0.05) is 19.0 Å². The van der Waals surface area contributed by atoms with Crippen LogP contribution in [0.25, 0.3) is 0 Å². The number of methoxy groups -OCH3 is 1. The lowest BCUT2D eigenvalue weighted by Gasteiger charge is -2.41. The zero-order valence-corrected chi connectivity index (χ0v) is 18.7. The minimum Gasteiger partial charge on any atom is -0.458 e. The van der Waals surface area contributed by atoms with Crippen molar-refractivity contribution < 1.29 is 23.9 Å². The molecule has 2 aliphatic rings. The van der Waals surface area contributed by atoms with Crippen LogP contribution in [0.2, 0.25) is 0 Å². The van der Waals surface area contributed by atoms with Crippen molar-refractivity contribution in [2.75, 3.05) is 20.2 Å². The molecule has 1 aromatic rings. The molecule has 30 heavy (non-hydrogen) atoms. The minimum absolute atomic E-state index is 0.127. The van der Waals surface area contributed by atoms with Gasteiger partial charge in [-0.3, -0.25) is 4.79 Å². The smallest absolute Gasteiger partial charge is 0.409 e. The third-order valence-electron chi connectivity index (χ3n) is 6.07. The van der Waals surface area contributed by atoms with Crippen molar-refractivity contribution in [3.05, 3.63) is 35.9 Å². The Morgan fingerprint density at radius 1 is 1.07 bits per heavy atom. The molecule has 3 atom stereocenters. The molecular weight excluding hydrogens is 384 g/mol. The highest BCUT2D eigenvalue weighted by atomic mass is 16.6. The molecule has 0 unspecified atom stereocenters. The van der Waals surface area contributed by atoms with E-state index in [1.54, 1.807) is 9.80 Å². The lowest BCUT2D eigenvalue weighted by Crippen LogP contribution is -2.53. The van der Waals surface area contributed by atoms with Gasteiger partial charge < -0.3 is 19.3 Å². The lowest BCUT2D eigenvalue weighted by atomic mass is 9.83. The van der Waals surface area contributed by atoms with Crippen molar-refractivity contribution >= 4 is 18.0 Å². The van der Waals surface area contributed by atoms with Crippen molar-refractivity contribution in [3.8, 4) is 0 Å². The van der Waals surface area contributed by atoms with Gasteiger partial charge in [0.05, 0.1) is 18.6 Å². The van der Waals surface area contributed by atoms with Gasteiger partial charge in [0.15, 0.2) is 0 Å². The second-order valence-corrected chi connectivity index (χ2v) is 9.59. The van der Waals surface area contributed by atoms with E-state index < -0.39 is 29.2 Å². The molecule has 0 spiro atoms. The second-order valence-electron chi connectivity index (χ2n) is 9.59. The number of benzene rings is 1. The summed E-state index contributed by atoms with van der Waals surface area (Å²) in [5.41, 5.74) is -0.434. The topological polar surface area (TPSA) is 76.2 Å². The van der Waals surface area contributed by atoms with Crippen LogP contribution in [0.5, 0.6) is 0 Å². The predicted octanol–water partition coefficient (Wildman–Crippen LogP) is 3.18. The summed E-state index contributed by atoms with van der Waals surface area (Å²) in [6, 6.07) is 8.99. The first-order valence-electron chi connectivity index (χ1n) is 10.4. The summed E-state index contributed by atoms with van der Waals surface area (Å²) in [4.78, 5) is 42.2. The average molecular weight is 417 g/mol.